The van der Waals surface area contributed by atoms with Gasteiger partial charge in [0.2, 0.25) is 0 Å². The van der Waals surface area contributed by atoms with Crippen molar-refractivity contribution in [1.82, 2.24) is 0 Å². The maximum Gasteiger partial charge on any atom is 0.303 e. The molecule has 0 saturated carbocycles. The molecule has 0 heterocycles. The van der Waals surface area contributed by atoms with Crippen LogP contribution in [0.2, 0.25) is 0 Å². The molecule has 0 bridgehead atoms. The monoisotopic (exact) mass is 257 g/mol. The van der Waals surface area contributed by atoms with E-state index in [2.05, 4.69) is 22.4 Å². The average molecular weight is 257 g/mol. The number of thiocarbonyl (C=S) groups is 1. The third-order valence-corrected chi connectivity index (χ3v) is 2.85. The van der Waals surface area contributed by atoms with E-state index in [1.807, 2.05) is 0 Å². The number of aliphatic imine (C=N–C) groups is 1. The first kappa shape index (κ1) is 16.3. The van der Waals surface area contributed by atoms with Gasteiger partial charge in [0, 0.05) is 13.0 Å². The van der Waals surface area contributed by atoms with Gasteiger partial charge in [-0.25, -0.2) is 4.99 Å². The van der Waals surface area contributed by atoms with E-state index in [4.69, 9.17) is 5.11 Å². The Morgan fingerprint density at radius 2 is 1.41 bits per heavy atom. The highest BCUT2D eigenvalue weighted by Gasteiger charge is 1.96. The van der Waals surface area contributed by atoms with Crippen molar-refractivity contribution in [3.05, 3.63) is 0 Å². The Morgan fingerprint density at radius 3 is 1.88 bits per heavy atom. The summed E-state index contributed by atoms with van der Waals surface area (Å²) in [4.78, 5) is 14.1. The fraction of sp³-hybridized carbons (Fsp3) is 0.846. The Hall–Kier alpha value is -0.730. The van der Waals surface area contributed by atoms with Crippen LogP contribution in [-0.2, 0) is 4.79 Å². The molecule has 3 nitrogen and oxygen atoms in total. The number of nitrogens with zero attached hydrogens (tertiary/aromatic N) is 1. The second-order valence-electron chi connectivity index (χ2n) is 4.30. The number of aliphatic carboxylic acids is 1. The molecule has 0 rings (SSSR count). The number of isothiocyanates is 1. The number of hydrogen-bond donors (Lipinski definition) is 1. The van der Waals surface area contributed by atoms with Gasteiger partial charge in [0.1, 0.15) is 0 Å². The molecule has 0 aromatic heterocycles. The number of rotatable bonds is 12. The second-order valence-corrected chi connectivity index (χ2v) is 4.48. The van der Waals surface area contributed by atoms with Gasteiger partial charge >= 0.3 is 5.97 Å². The van der Waals surface area contributed by atoms with Crippen LogP contribution in [0.25, 0.3) is 0 Å². The number of carbonyl (C=O) groups is 1. The van der Waals surface area contributed by atoms with Crippen LogP contribution in [0.1, 0.15) is 64.2 Å². The molecule has 0 radical (unpaired) electrons. The Morgan fingerprint density at radius 1 is 0.941 bits per heavy atom. The number of carboxylic acids is 1. The third-order valence-electron chi connectivity index (χ3n) is 2.73. The van der Waals surface area contributed by atoms with Crippen molar-refractivity contribution >= 4 is 23.3 Å². The maximum absolute atomic E-state index is 10.3. The molecule has 0 aromatic rings. The summed E-state index contributed by atoms with van der Waals surface area (Å²) in [7, 11) is 0. The predicted molar refractivity (Wildman–Crippen MR) is 73.7 cm³/mol. The van der Waals surface area contributed by atoms with Crippen LogP contribution in [0.3, 0.4) is 0 Å². The Bertz CT molecular complexity index is 228. The van der Waals surface area contributed by atoms with Gasteiger partial charge in [-0.2, -0.15) is 0 Å². The van der Waals surface area contributed by atoms with Crippen molar-refractivity contribution in [3.63, 3.8) is 0 Å². The van der Waals surface area contributed by atoms with Gasteiger partial charge in [-0.1, -0.05) is 44.9 Å². The van der Waals surface area contributed by atoms with Gasteiger partial charge in [0.15, 0.2) is 0 Å². The molecule has 0 aliphatic carbocycles. The van der Waals surface area contributed by atoms with Gasteiger partial charge in [0.25, 0.3) is 0 Å². The van der Waals surface area contributed by atoms with Gasteiger partial charge in [-0.05, 0) is 25.1 Å². The summed E-state index contributed by atoms with van der Waals surface area (Å²) in [6.07, 6.45) is 10.7. The Balaban J connectivity index is 2.98. The van der Waals surface area contributed by atoms with E-state index in [1.54, 1.807) is 0 Å². The highest BCUT2D eigenvalue weighted by atomic mass is 32.1. The normalized spacial score (nSPS) is 9.88. The molecule has 0 amide bonds. The molecule has 17 heavy (non-hydrogen) atoms. The highest BCUT2D eigenvalue weighted by molar-refractivity contribution is 7.78. The first-order valence-electron chi connectivity index (χ1n) is 6.53. The average Bonchev–Trinajstić information content (AvgIpc) is 2.30. The van der Waals surface area contributed by atoms with E-state index in [0.29, 0.717) is 6.42 Å². The van der Waals surface area contributed by atoms with E-state index < -0.39 is 5.97 Å². The molecule has 98 valence electrons. The van der Waals surface area contributed by atoms with Crippen molar-refractivity contribution in [2.75, 3.05) is 6.54 Å². The fourth-order valence-electron chi connectivity index (χ4n) is 1.75. The molecule has 0 unspecified atom stereocenters. The van der Waals surface area contributed by atoms with E-state index in [1.165, 1.54) is 38.5 Å². The van der Waals surface area contributed by atoms with Crippen LogP contribution in [0.4, 0.5) is 0 Å². The van der Waals surface area contributed by atoms with E-state index in [0.717, 1.165) is 25.8 Å². The summed E-state index contributed by atoms with van der Waals surface area (Å²) < 4.78 is 0. The molecule has 0 aliphatic rings. The van der Waals surface area contributed by atoms with Crippen molar-refractivity contribution in [2.45, 2.75) is 64.2 Å². The molecular weight excluding hydrogens is 234 g/mol. The predicted octanol–water partition coefficient (Wildman–Crippen LogP) is 4.07. The SMILES string of the molecule is O=C(O)CCCCCCCCCCCN=C=S. The minimum Gasteiger partial charge on any atom is -0.481 e. The molecule has 0 aromatic carbocycles. The van der Waals surface area contributed by atoms with Crippen LogP contribution in [0, 0.1) is 0 Å². The van der Waals surface area contributed by atoms with Crippen LogP contribution < -0.4 is 0 Å². The topological polar surface area (TPSA) is 49.7 Å². The Kier molecular flexibility index (Phi) is 12.8. The minimum absolute atomic E-state index is 0.320. The van der Waals surface area contributed by atoms with Gasteiger partial charge in [-0.3, -0.25) is 4.79 Å². The largest absolute Gasteiger partial charge is 0.481 e. The van der Waals surface area contributed by atoms with E-state index >= 15 is 0 Å². The minimum atomic E-state index is -0.677. The van der Waals surface area contributed by atoms with Gasteiger partial charge in [0.05, 0.1) is 5.16 Å². The molecule has 0 saturated heterocycles. The smallest absolute Gasteiger partial charge is 0.303 e. The maximum atomic E-state index is 10.3. The molecule has 0 spiro atoms. The zero-order chi connectivity index (χ0) is 12.8. The van der Waals surface area contributed by atoms with Crippen molar-refractivity contribution in [3.8, 4) is 0 Å². The summed E-state index contributed by atoms with van der Waals surface area (Å²) >= 11 is 4.48. The zero-order valence-corrected chi connectivity index (χ0v) is 11.3. The van der Waals surface area contributed by atoms with Crippen molar-refractivity contribution in [2.24, 2.45) is 4.99 Å². The summed E-state index contributed by atoms with van der Waals surface area (Å²) in [5, 5.41) is 10.8. The molecule has 0 aliphatic heterocycles. The molecule has 1 N–H and O–H groups in total. The lowest BCUT2D eigenvalue weighted by molar-refractivity contribution is -0.137. The van der Waals surface area contributed by atoms with Crippen LogP contribution in [0.15, 0.2) is 4.99 Å². The summed E-state index contributed by atoms with van der Waals surface area (Å²) in [6.45, 7) is 0.818. The quantitative estimate of drug-likeness (QED) is 0.325. The molecule has 4 heteroatoms. The van der Waals surface area contributed by atoms with Gasteiger partial charge in [-0.15, -0.1) is 0 Å². The molecule has 0 atom stereocenters. The van der Waals surface area contributed by atoms with Gasteiger partial charge < -0.3 is 5.11 Å². The first-order chi connectivity index (χ1) is 8.27. The third kappa shape index (κ3) is 15.3. The van der Waals surface area contributed by atoms with Crippen LogP contribution >= 0.6 is 12.2 Å². The first-order valence-corrected chi connectivity index (χ1v) is 6.93. The second kappa shape index (κ2) is 13.3. The van der Waals surface area contributed by atoms with Crippen molar-refractivity contribution in [1.29, 1.82) is 0 Å². The number of hydrogen-bond acceptors (Lipinski definition) is 3. The molecular formula is C13H23NO2S. The fourth-order valence-corrected chi connectivity index (χ4v) is 1.84. The lowest BCUT2D eigenvalue weighted by atomic mass is 10.1. The van der Waals surface area contributed by atoms with Crippen molar-refractivity contribution < 1.29 is 9.90 Å². The van der Waals surface area contributed by atoms with Crippen LogP contribution in [0.5, 0.6) is 0 Å². The summed E-state index contributed by atoms with van der Waals surface area (Å²) in [6, 6.07) is 0. The Labute approximate surface area is 109 Å². The zero-order valence-electron chi connectivity index (χ0n) is 10.5. The lowest BCUT2D eigenvalue weighted by Gasteiger charge is -2.01. The number of unbranched alkanes of at least 4 members (excludes halogenated alkanes) is 8. The summed E-state index contributed by atoms with van der Waals surface area (Å²) in [5.41, 5.74) is 0. The number of carboxylic acid groups (broad SMARTS) is 1. The standard InChI is InChI=1S/C13H23NO2S/c15-13(16)10-8-6-4-2-1-3-5-7-9-11-14-12-17/h1-11H2,(H,15,16). The molecule has 0 fully saturated rings. The summed E-state index contributed by atoms with van der Waals surface area (Å²) in [5.74, 6) is -0.677. The lowest BCUT2D eigenvalue weighted by Crippen LogP contribution is -1.93. The van der Waals surface area contributed by atoms with Crippen LogP contribution in [-0.4, -0.2) is 22.8 Å². The van der Waals surface area contributed by atoms with E-state index in [-0.39, 0.29) is 0 Å². The highest BCUT2D eigenvalue weighted by Crippen LogP contribution is 2.10. The van der Waals surface area contributed by atoms with E-state index in [9.17, 15) is 4.79 Å².